The summed E-state index contributed by atoms with van der Waals surface area (Å²) in [6, 6.07) is 9.15. The molecule has 4 aliphatic rings. The molecule has 2 amide bonds. The molecular formula is C29H39NO4S. The average Bonchev–Trinajstić information content (AvgIpc) is 3.26. The summed E-state index contributed by atoms with van der Waals surface area (Å²) in [5.41, 5.74) is 0.669. The molecule has 3 aliphatic carbocycles. The van der Waals surface area contributed by atoms with E-state index < -0.39 is 16.7 Å². The molecule has 2 bridgehead atoms. The van der Waals surface area contributed by atoms with Crippen LogP contribution < -0.4 is 4.90 Å². The van der Waals surface area contributed by atoms with Gasteiger partial charge in [0.05, 0.1) is 46.3 Å². The van der Waals surface area contributed by atoms with E-state index in [1.54, 1.807) is 12.1 Å². The van der Waals surface area contributed by atoms with Gasteiger partial charge in [0, 0.05) is 10.3 Å². The number of amides is 2. The molecule has 0 N–H and O–H groups in total. The van der Waals surface area contributed by atoms with Crippen LogP contribution in [0.4, 0.5) is 5.69 Å². The van der Waals surface area contributed by atoms with Crippen LogP contribution in [0.25, 0.3) is 0 Å². The van der Waals surface area contributed by atoms with Gasteiger partial charge in [-0.15, -0.1) is 0 Å². The van der Waals surface area contributed by atoms with E-state index in [1.165, 1.54) is 4.90 Å². The van der Waals surface area contributed by atoms with Gasteiger partial charge in [-0.1, -0.05) is 65.8 Å². The standard InChI is InChI=1S/C29H39NO4S/c1-27(2,3)17-34-24-23(22-14-15-29(24,6)28(22,4)5)35(33)19-12-13-20-21(16-19)26(32)30(25(20)31)18-10-8-7-9-11-18/h7-12,20-24H,13-17H2,1-6H3/t20-,21+,22-,23-,24-,29+,35?/m1/s1. The molecule has 190 valence electrons. The average molecular weight is 498 g/mol. The van der Waals surface area contributed by atoms with E-state index in [9.17, 15) is 13.8 Å². The molecule has 1 unspecified atom stereocenters. The van der Waals surface area contributed by atoms with Gasteiger partial charge in [-0.3, -0.25) is 18.7 Å². The summed E-state index contributed by atoms with van der Waals surface area (Å²) in [5, 5.41) is -0.0775. The molecule has 7 atom stereocenters. The van der Waals surface area contributed by atoms with Crippen LogP contribution in [0.2, 0.25) is 0 Å². The third-order valence-electron chi connectivity index (χ3n) is 9.49. The topological polar surface area (TPSA) is 63.7 Å². The van der Waals surface area contributed by atoms with Gasteiger partial charge < -0.3 is 4.74 Å². The maximum Gasteiger partial charge on any atom is 0.238 e. The maximum absolute atomic E-state index is 14.2. The highest BCUT2D eigenvalue weighted by atomic mass is 32.2. The van der Waals surface area contributed by atoms with Crippen molar-refractivity contribution in [3.05, 3.63) is 41.3 Å². The molecule has 3 fully saturated rings. The molecule has 0 radical (unpaired) electrons. The Kier molecular flexibility index (Phi) is 5.95. The zero-order valence-corrected chi connectivity index (χ0v) is 22.7. The number of allylic oxidation sites excluding steroid dienone is 2. The highest BCUT2D eigenvalue weighted by Gasteiger charge is 2.68. The van der Waals surface area contributed by atoms with Crippen LogP contribution in [0.15, 0.2) is 41.3 Å². The van der Waals surface area contributed by atoms with Gasteiger partial charge >= 0.3 is 0 Å². The summed E-state index contributed by atoms with van der Waals surface area (Å²) in [4.78, 5) is 28.7. The number of hydrogen-bond donors (Lipinski definition) is 0. The zero-order chi connectivity index (χ0) is 25.3. The van der Waals surface area contributed by atoms with E-state index in [4.69, 9.17) is 4.74 Å². The Morgan fingerprint density at radius 3 is 2.37 bits per heavy atom. The third-order valence-corrected chi connectivity index (χ3v) is 11.4. The zero-order valence-electron chi connectivity index (χ0n) is 21.9. The first-order chi connectivity index (χ1) is 16.4. The third kappa shape index (κ3) is 3.78. The van der Waals surface area contributed by atoms with Gasteiger partial charge in [0.25, 0.3) is 0 Å². The van der Waals surface area contributed by atoms with Crippen molar-refractivity contribution in [1.29, 1.82) is 0 Å². The SMILES string of the molecule is CC(C)(C)CO[C@@H]1[C@H](S(=O)C2=CC[C@H]3C(=O)N(c4ccccc4)C(=O)[C@H]3C2)[C@H]2CC[C@]1(C)C2(C)C. The van der Waals surface area contributed by atoms with Crippen LogP contribution >= 0.6 is 0 Å². The van der Waals surface area contributed by atoms with Crippen LogP contribution in [-0.2, 0) is 25.1 Å². The van der Waals surface area contributed by atoms with Crippen molar-refractivity contribution in [2.24, 2.45) is 34.0 Å². The van der Waals surface area contributed by atoms with Crippen molar-refractivity contribution < 1.29 is 18.5 Å². The van der Waals surface area contributed by atoms with Crippen LogP contribution in [-0.4, -0.2) is 34.0 Å². The van der Waals surface area contributed by atoms with Gasteiger partial charge in [0.2, 0.25) is 11.8 Å². The second-order valence-corrected chi connectivity index (χ2v) is 14.7. The van der Waals surface area contributed by atoms with Crippen LogP contribution in [0.1, 0.15) is 67.2 Å². The summed E-state index contributed by atoms with van der Waals surface area (Å²) in [5.74, 6) is -0.756. The molecule has 1 heterocycles. The lowest BCUT2D eigenvalue weighted by atomic mass is 9.70. The Labute approximate surface area is 212 Å². The molecule has 1 aromatic carbocycles. The Balaban J connectivity index is 1.40. The van der Waals surface area contributed by atoms with E-state index in [-0.39, 0.29) is 45.3 Å². The highest BCUT2D eigenvalue weighted by molar-refractivity contribution is 7.89. The van der Waals surface area contributed by atoms with Gasteiger partial charge in [0.15, 0.2) is 0 Å². The predicted molar refractivity (Wildman–Crippen MR) is 139 cm³/mol. The number of ether oxygens (including phenoxy) is 1. The van der Waals surface area contributed by atoms with Crippen LogP contribution in [0.3, 0.4) is 0 Å². The molecule has 5 nitrogen and oxygen atoms in total. The van der Waals surface area contributed by atoms with Crippen LogP contribution in [0, 0.1) is 34.0 Å². The molecule has 6 heteroatoms. The van der Waals surface area contributed by atoms with Crippen molar-refractivity contribution in [3.63, 3.8) is 0 Å². The monoisotopic (exact) mass is 497 g/mol. The van der Waals surface area contributed by atoms with Gasteiger partial charge in [-0.05, 0) is 54.6 Å². The maximum atomic E-state index is 14.2. The van der Waals surface area contributed by atoms with Crippen molar-refractivity contribution in [2.75, 3.05) is 11.5 Å². The minimum absolute atomic E-state index is 0.0236. The number of anilines is 1. The van der Waals surface area contributed by atoms with Gasteiger partial charge in [-0.25, -0.2) is 0 Å². The lowest BCUT2D eigenvalue weighted by Gasteiger charge is -2.41. The molecule has 1 saturated heterocycles. The van der Waals surface area contributed by atoms with E-state index in [0.717, 1.165) is 17.7 Å². The van der Waals surface area contributed by atoms with Crippen molar-refractivity contribution in [3.8, 4) is 0 Å². The number of carbonyl (C=O) groups excluding carboxylic acids is 2. The summed E-state index contributed by atoms with van der Waals surface area (Å²) in [6.07, 6.45) is 4.96. The molecule has 2 saturated carbocycles. The first-order valence-corrected chi connectivity index (χ1v) is 14.2. The fourth-order valence-electron chi connectivity index (χ4n) is 7.11. The number of rotatable bonds is 5. The molecule has 1 aromatic rings. The number of nitrogens with zero attached hydrogens (tertiary/aromatic N) is 1. The first kappa shape index (κ1) is 24.9. The van der Waals surface area contributed by atoms with Crippen LogP contribution in [0.5, 0.6) is 0 Å². The number of benzene rings is 1. The summed E-state index contributed by atoms with van der Waals surface area (Å²) in [6.45, 7) is 14.1. The molecule has 0 spiro atoms. The number of imide groups is 1. The smallest absolute Gasteiger partial charge is 0.238 e. The predicted octanol–water partition coefficient (Wildman–Crippen LogP) is 5.47. The highest BCUT2D eigenvalue weighted by Crippen LogP contribution is 2.68. The Morgan fingerprint density at radius 1 is 1.06 bits per heavy atom. The van der Waals surface area contributed by atoms with Gasteiger partial charge in [0.1, 0.15) is 0 Å². The molecule has 1 aliphatic heterocycles. The van der Waals surface area contributed by atoms with Crippen molar-refractivity contribution in [1.82, 2.24) is 0 Å². The van der Waals surface area contributed by atoms with Crippen molar-refractivity contribution >= 4 is 28.3 Å². The summed E-state index contributed by atoms with van der Waals surface area (Å²) < 4.78 is 20.9. The van der Waals surface area contributed by atoms with E-state index in [2.05, 4.69) is 41.5 Å². The van der Waals surface area contributed by atoms with E-state index in [0.29, 0.717) is 31.1 Å². The molecule has 35 heavy (non-hydrogen) atoms. The minimum atomic E-state index is -1.25. The molecule has 0 aromatic heterocycles. The van der Waals surface area contributed by atoms with E-state index >= 15 is 0 Å². The number of para-hydroxylation sites is 1. The van der Waals surface area contributed by atoms with E-state index in [1.807, 2.05) is 24.3 Å². The summed E-state index contributed by atoms with van der Waals surface area (Å²) in [7, 11) is -1.25. The number of fused-ring (bicyclic) bond motifs is 3. The minimum Gasteiger partial charge on any atom is -0.376 e. The Bertz CT molecular complexity index is 1090. The second kappa shape index (κ2) is 8.37. The fraction of sp³-hybridized carbons (Fsp3) is 0.655. The number of hydrogen-bond acceptors (Lipinski definition) is 4. The second-order valence-electron chi connectivity index (χ2n) is 13.0. The molecular weight excluding hydrogens is 458 g/mol. The number of carbonyl (C=O) groups is 2. The lowest BCUT2D eigenvalue weighted by Crippen LogP contribution is -2.45. The largest absolute Gasteiger partial charge is 0.376 e. The van der Waals surface area contributed by atoms with Gasteiger partial charge in [-0.2, -0.15) is 0 Å². The lowest BCUT2D eigenvalue weighted by molar-refractivity contribution is -0.122. The molecule has 5 rings (SSSR count). The fourth-order valence-corrected chi connectivity index (χ4v) is 9.44. The Morgan fingerprint density at radius 2 is 1.71 bits per heavy atom. The quantitative estimate of drug-likeness (QED) is 0.506. The first-order valence-electron chi connectivity index (χ1n) is 13.0. The Hall–Kier alpha value is -1.79. The normalized spacial score (nSPS) is 36.9. The van der Waals surface area contributed by atoms with Crippen molar-refractivity contribution in [2.45, 2.75) is 78.6 Å². The summed E-state index contributed by atoms with van der Waals surface area (Å²) >= 11 is 0.